The summed E-state index contributed by atoms with van der Waals surface area (Å²) in [5.41, 5.74) is 0. The number of carboxylic acid groups (broad SMARTS) is 1. The molecule has 0 bridgehead atoms. The van der Waals surface area contributed by atoms with Crippen LogP contribution in [0.25, 0.3) is 0 Å². The van der Waals surface area contributed by atoms with Gasteiger partial charge in [-0.05, 0) is 12.3 Å². The molecule has 1 atom stereocenters. The Morgan fingerprint density at radius 1 is 1.35 bits per heavy atom. The molecule has 0 saturated carbocycles. The van der Waals surface area contributed by atoms with Gasteiger partial charge in [0.05, 0.1) is 5.92 Å². The van der Waals surface area contributed by atoms with Gasteiger partial charge in [0.1, 0.15) is 0 Å². The van der Waals surface area contributed by atoms with E-state index in [1.54, 1.807) is 11.9 Å². The van der Waals surface area contributed by atoms with Crippen molar-refractivity contribution in [3.05, 3.63) is 0 Å². The molecule has 5 nitrogen and oxygen atoms in total. The Morgan fingerprint density at radius 2 is 1.94 bits per heavy atom. The van der Waals surface area contributed by atoms with Gasteiger partial charge in [0.15, 0.2) is 0 Å². The maximum Gasteiger partial charge on any atom is 0.317 e. The third kappa shape index (κ3) is 6.14. The molecule has 0 heterocycles. The van der Waals surface area contributed by atoms with E-state index in [2.05, 4.69) is 12.2 Å². The number of carbonyl (C=O) groups is 2. The highest BCUT2D eigenvalue weighted by Crippen LogP contribution is 2.09. The first kappa shape index (κ1) is 15.7. The maximum absolute atomic E-state index is 11.6. The fourth-order valence-electron chi connectivity index (χ4n) is 1.44. The molecule has 0 aliphatic carbocycles. The average Bonchev–Trinajstić information content (AvgIpc) is 2.24. The van der Waals surface area contributed by atoms with Crippen LogP contribution in [-0.4, -0.2) is 42.1 Å². The highest BCUT2D eigenvalue weighted by molar-refractivity contribution is 5.75. The van der Waals surface area contributed by atoms with E-state index >= 15 is 0 Å². The first-order chi connectivity index (χ1) is 7.90. The molecule has 5 heteroatoms. The Morgan fingerprint density at radius 3 is 2.35 bits per heavy atom. The maximum atomic E-state index is 11.6. The predicted octanol–water partition coefficient (Wildman–Crippen LogP) is 1.78. The Labute approximate surface area is 103 Å². The second-order valence-electron chi connectivity index (χ2n) is 4.65. The molecule has 0 saturated heterocycles. The lowest BCUT2D eigenvalue weighted by Gasteiger charge is -2.21. The Bertz CT molecular complexity index is 254. The van der Waals surface area contributed by atoms with Gasteiger partial charge in [-0.3, -0.25) is 4.79 Å². The molecule has 0 rings (SSSR count). The fourth-order valence-corrected chi connectivity index (χ4v) is 1.44. The third-order valence-corrected chi connectivity index (χ3v) is 2.79. The number of aliphatic carboxylic acids is 1. The lowest BCUT2D eigenvalue weighted by Crippen LogP contribution is -2.42. The molecule has 0 aliphatic heterocycles. The van der Waals surface area contributed by atoms with Crippen LogP contribution in [0.15, 0.2) is 0 Å². The zero-order valence-electron chi connectivity index (χ0n) is 11.2. The number of carbonyl (C=O) groups excluding carboxylic acids is 1. The molecule has 0 spiro atoms. The van der Waals surface area contributed by atoms with Crippen LogP contribution in [0.1, 0.15) is 33.6 Å². The first-order valence-corrected chi connectivity index (χ1v) is 6.11. The van der Waals surface area contributed by atoms with E-state index in [1.165, 1.54) is 0 Å². The number of nitrogens with zero attached hydrogens (tertiary/aromatic N) is 1. The van der Waals surface area contributed by atoms with Gasteiger partial charge in [0.2, 0.25) is 0 Å². The number of unbranched alkanes of at least 4 members (excludes halogenated alkanes) is 1. The SMILES string of the molecule is CCCCN(C)C(=O)NCC(C(=O)O)C(C)C. The van der Waals surface area contributed by atoms with Crippen LogP contribution >= 0.6 is 0 Å². The molecule has 100 valence electrons. The summed E-state index contributed by atoms with van der Waals surface area (Å²) >= 11 is 0. The van der Waals surface area contributed by atoms with Crippen LogP contribution in [0.4, 0.5) is 4.79 Å². The highest BCUT2D eigenvalue weighted by atomic mass is 16.4. The minimum Gasteiger partial charge on any atom is -0.481 e. The van der Waals surface area contributed by atoms with Gasteiger partial charge in [-0.25, -0.2) is 4.79 Å². The molecule has 0 aliphatic rings. The Kier molecular flexibility index (Phi) is 7.34. The lowest BCUT2D eigenvalue weighted by molar-refractivity contribution is -0.142. The van der Waals surface area contributed by atoms with E-state index in [9.17, 15) is 9.59 Å². The fraction of sp³-hybridized carbons (Fsp3) is 0.833. The van der Waals surface area contributed by atoms with Crippen molar-refractivity contribution < 1.29 is 14.7 Å². The second-order valence-corrected chi connectivity index (χ2v) is 4.65. The van der Waals surface area contributed by atoms with Crippen molar-refractivity contribution >= 4 is 12.0 Å². The van der Waals surface area contributed by atoms with Crippen molar-refractivity contribution in [1.29, 1.82) is 0 Å². The van der Waals surface area contributed by atoms with Crippen molar-refractivity contribution in [2.24, 2.45) is 11.8 Å². The molecule has 0 aromatic carbocycles. The summed E-state index contributed by atoms with van der Waals surface area (Å²) in [6, 6.07) is -0.203. The van der Waals surface area contributed by atoms with Crippen molar-refractivity contribution in [3.63, 3.8) is 0 Å². The van der Waals surface area contributed by atoms with Gasteiger partial charge in [-0.2, -0.15) is 0 Å². The van der Waals surface area contributed by atoms with Crippen LogP contribution in [0.2, 0.25) is 0 Å². The van der Waals surface area contributed by atoms with E-state index in [4.69, 9.17) is 5.11 Å². The zero-order chi connectivity index (χ0) is 13.4. The second kappa shape index (κ2) is 7.92. The average molecular weight is 244 g/mol. The number of nitrogens with one attached hydrogen (secondary N) is 1. The summed E-state index contributed by atoms with van der Waals surface area (Å²) in [7, 11) is 1.72. The third-order valence-electron chi connectivity index (χ3n) is 2.79. The topological polar surface area (TPSA) is 69.6 Å². The molecule has 1 unspecified atom stereocenters. The van der Waals surface area contributed by atoms with Gasteiger partial charge in [-0.15, -0.1) is 0 Å². The molecule has 0 aromatic rings. The van der Waals surface area contributed by atoms with E-state index < -0.39 is 11.9 Å². The number of hydrogen-bond donors (Lipinski definition) is 2. The summed E-state index contributed by atoms with van der Waals surface area (Å²) in [6.07, 6.45) is 1.98. The van der Waals surface area contributed by atoms with Crippen molar-refractivity contribution in [2.75, 3.05) is 20.1 Å². The standard InChI is InChI=1S/C12H24N2O3/c1-5-6-7-14(4)12(17)13-8-10(9(2)3)11(15)16/h9-10H,5-8H2,1-4H3,(H,13,17)(H,15,16). The van der Waals surface area contributed by atoms with E-state index in [0.717, 1.165) is 12.8 Å². The first-order valence-electron chi connectivity index (χ1n) is 6.11. The van der Waals surface area contributed by atoms with Crippen LogP contribution in [0, 0.1) is 11.8 Å². The smallest absolute Gasteiger partial charge is 0.317 e. The summed E-state index contributed by atoms with van der Waals surface area (Å²) in [6.45, 7) is 6.62. The Balaban J connectivity index is 4.08. The van der Waals surface area contributed by atoms with Crippen LogP contribution < -0.4 is 5.32 Å². The number of rotatable bonds is 7. The van der Waals surface area contributed by atoms with Crippen molar-refractivity contribution in [1.82, 2.24) is 10.2 Å². The lowest BCUT2D eigenvalue weighted by atomic mass is 9.96. The van der Waals surface area contributed by atoms with Gasteiger partial charge in [0, 0.05) is 20.1 Å². The molecule has 0 fully saturated rings. The van der Waals surface area contributed by atoms with E-state index in [1.807, 2.05) is 13.8 Å². The Hall–Kier alpha value is -1.26. The largest absolute Gasteiger partial charge is 0.481 e. The number of amides is 2. The molecule has 2 N–H and O–H groups in total. The number of carboxylic acids is 1. The molecular weight excluding hydrogens is 220 g/mol. The number of hydrogen-bond acceptors (Lipinski definition) is 2. The van der Waals surface area contributed by atoms with Crippen LogP contribution in [0.3, 0.4) is 0 Å². The summed E-state index contributed by atoms with van der Waals surface area (Å²) in [5.74, 6) is -1.39. The van der Waals surface area contributed by atoms with Crippen molar-refractivity contribution in [2.45, 2.75) is 33.6 Å². The molecule has 17 heavy (non-hydrogen) atoms. The quantitative estimate of drug-likeness (QED) is 0.717. The molecule has 2 amide bonds. The normalized spacial score (nSPS) is 12.3. The minimum absolute atomic E-state index is 0.00810. The minimum atomic E-state index is -0.864. The van der Waals surface area contributed by atoms with Crippen LogP contribution in [0.5, 0.6) is 0 Å². The van der Waals surface area contributed by atoms with Gasteiger partial charge in [-0.1, -0.05) is 27.2 Å². The van der Waals surface area contributed by atoms with Crippen molar-refractivity contribution in [3.8, 4) is 0 Å². The zero-order valence-corrected chi connectivity index (χ0v) is 11.2. The predicted molar refractivity (Wildman–Crippen MR) is 66.9 cm³/mol. The molecule has 0 aromatic heterocycles. The van der Waals surface area contributed by atoms with E-state index in [0.29, 0.717) is 6.54 Å². The summed E-state index contributed by atoms with van der Waals surface area (Å²) in [4.78, 5) is 24.1. The van der Waals surface area contributed by atoms with E-state index in [-0.39, 0.29) is 18.5 Å². The van der Waals surface area contributed by atoms with Crippen LogP contribution in [-0.2, 0) is 4.79 Å². The summed E-state index contributed by atoms with van der Waals surface area (Å²) < 4.78 is 0. The van der Waals surface area contributed by atoms with Gasteiger partial charge in [0.25, 0.3) is 0 Å². The number of urea groups is 1. The molecule has 0 radical (unpaired) electrons. The monoisotopic (exact) mass is 244 g/mol. The highest BCUT2D eigenvalue weighted by Gasteiger charge is 2.22. The van der Waals surface area contributed by atoms with Gasteiger partial charge < -0.3 is 15.3 Å². The summed E-state index contributed by atoms with van der Waals surface area (Å²) in [5, 5.41) is 11.6. The van der Waals surface area contributed by atoms with Gasteiger partial charge >= 0.3 is 12.0 Å². The molecular formula is C12H24N2O3.